The third-order valence-electron chi connectivity index (χ3n) is 6.63. The summed E-state index contributed by atoms with van der Waals surface area (Å²) in [6.45, 7) is 6.94. The van der Waals surface area contributed by atoms with E-state index < -0.39 is 17.9 Å². The Labute approximate surface area is 237 Å². The van der Waals surface area contributed by atoms with Gasteiger partial charge in [-0.2, -0.15) is 5.10 Å². The number of carbonyl (C=O) groups is 3. The van der Waals surface area contributed by atoms with Crippen LogP contribution in [-0.4, -0.2) is 50.8 Å². The fourth-order valence-corrected chi connectivity index (χ4v) is 4.71. The second-order valence-electron chi connectivity index (χ2n) is 10.6. The van der Waals surface area contributed by atoms with Gasteiger partial charge in [0, 0.05) is 24.6 Å². The van der Waals surface area contributed by atoms with Gasteiger partial charge in [0.25, 0.3) is 0 Å². The standard InChI is InChI=1S/C28H31Cl2N5O4/c1-28(2,3)22-16-23(32-27(39)31-21-9-5-8-20(29)25(21)30)35(33-22)19-7-4-6-17(14-19)15-24(36)34-12-10-18(11-13-34)26(37)38/h4-9,14,16,18H,10-13,15H2,1-3H3,(H,37,38)(H2,31,32,39). The molecule has 0 atom stereocenters. The van der Waals surface area contributed by atoms with Crippen molar-refractivity contribution in [2.24, 2.45) is 5.92 Å². The molecule has 4 rings (SSSR count). The number of benzene rings is 2. The normalized spacial score (nSPS) is 14.2. The number of nitrogens with one attached hydrogen (secondary N) is 2. The molecule has 1 aliphatic rings. The Morgan fingerprint density at radius 3 is 2.38 bits per heavy atom. The van der Waals surface area contributed by atoms with Gasteiger partial charge in [-0.05, 0) is 42.7 Å². The maximum atomic E-state index is 12.9. The molecule has 1 aliphatic heterocycles. The lowest BCUT2D eigenvalue weighted by Gasteiger charge is -2.30. The highest BCUT2D eigenvalue weighted by Gasteiger charge is 2.27. The second kappa shape index (κ2) is 11.7. The molecule has 0 aliphatic carbocycles. The van der Waals surface area contributed by atoms with Gasteiger partial charge < -0.3 is 15.3 Å². The van der Waals surface area contributed by atoms with Gasteiger partial charge >= 0.3 is 12.0 Å². The number of nitrogens with zero attached hydrogens (tertiary/aromatic N) is 3. The van der Waals surface area contributed by atoms with Crippen molar-refractivity contribution in [3.05, 3.63) is 69.8 Å². The molecule has 3 N–H and O–H groups in total. The highest BCUT2D eigenvalue weighted by molar-refractivity contribution is 6.44. The molecule has 0 radical (unpaired) electrons. The smallest absolute Gasteiger partial charge is 0.324 e. The van der Waals surface area contributed by atoms with Gasteiger partial charge in [-0.25, -0.2) is 9.48 Å². The molecule has 11 heteroatoms. The molecule has 39 heavy (non-hydrogen) atoms. The van der Waals surface area contributed by atoms with Crippen LogP contribution in [-0.2, 0) is 21.4 Å². The number of aliphatic carboxylic acids is 1. The van der Waals surface area contributed by atoms with Crippen LogP contribution in [0.3, 0.4) is 0 Å². The molecular weight excluding hydrogens is 541 g/mol. The minimum Gasteiger partial charge on any atom is -0.481 e. The minimum absolute atomic E-state index is 0.0528. The number of carboxylic acid groups (broad SMARTS) is 1. The number of anilines is 2. The average molecular weight is 572 g/mol. The van der Waals surface area contributed by atoms with E-state index in [0.717, 1.165) is 11.3 Å². The number of halogens is 2. The van der Waals surface area contributed by atoms with Gasteiger partial charge in [0.1, 0.15) is 5.82 Å². The van der Waals surface area contributed by atoms with E-state index >= 15 is 0 Å². The van der Waals surface area contributed by atoms with Crippen molar-refractivity contribution in [2.75, 3.05) is 23.7 Å². The first-order valence-corrected chi connectivity index (χ1v) is 13.4. The van der Waals surface area contributed by atoms with Crippen molar-refractivity contribution in [1.82, 2.24) is 14.7 Å². The monoisotopic (exact) mass is 571 g/mol. The summed E-state index contributed by atoms with van der Waals surface area (Å²) in [6, 6.07) is 13.7. The van der Waals surface area contributed by atoms with Crippen LogP contribution in [0.5, 0.6) is 0 Å². The SMILES string of the molecule is CC(C)(C)c1cc(NC(=O)Nc2cccc(Cl)c2Cl)n(-c2cccc(CC(=O)N3CCC(C(=O)O)CC3)c2)n1. The summed E-state index contributed by atoms with van der Waals surface area (Å²) in [7, 11) is 0. The fraction of sp³-hybridized carbons (Fsp3) is 0.357. The summed E-state index contributed by atoms with van der Waals surface area (Å²) in [5, 5.41) is 20.1. The predicted molar refractivity (Wildman–Crippen MR) is 152 cm³/mol. The van der Waals surface area contributed by atoms with E-state index in [0.29, 0.717) is 48.1 Å². The first-order chi connectivity index (χ1) is 18.4. The van der Waals surface area contributed by atoms with Crippen LogP contribution in [0.4, 0.5) is 16.3 Å². The zero-order chi connectivity index (χ0) is 28.3. The molecule has 2 heterocycles. The van der Waals surface area contributed by atoms with Crippen LogP contribution in [0.2, 0.25) is 10.0 Å². The first kappa shape index (κ1) is 28.4. The number of aromatic nitrogens is 2. The van der Waals surface area contributed by atoms with E-state index in [2.05, 4.69) is 10.6 Å². The molecule has 0 spiro atoms. The zero-order valence-electron chi connectivity index (χ0n) is 22.0. The van der Waals surface area contributed by atoms with E-state index in [1.807, 2.05) is 51.1 Å². The lowest BCUT2D eigenvalue weighted by atomic mass is 9.92. The molecule has 206 valence electrons. The van der Waals surface area contributed by atoms with Crippen molar-refractivity contribution in [3.8, 4) is 5.69 Å². The summed E-state index contributed by atoms with van der Waals surface area (Å²) < 4.78 is 1.63. The number of hydrogen-bond acceptors (Lipinski definition) is 4. The van der Waals surface area contributed by atoms with Crippen LogP contribution >= 0.6 is 23.2 Å². The third-order valence-corrected chi connectivity index (χ3v) is 7.45. The Balaban J connectivity index is 1.54. The van der Waals surface area contributed by atoms with E-state index in [1.54, 1.807) is 27.8 Å². The number of carboxylic acids is 1. The molecule has 1 aromatic heterocycles. The molecule has 9 nitrogen and oxygen atoms in total. The van der Waals surface area contributed by atoms with E-state index in [-0.39, 0.29) is 22.8 Å². The number of carbonyl (C=O) groups excluding carboxylic acids is 2. The van der Waals surface area contributed by atoms with Crippen LogP contribution < -0.4 is 10.6 Å². The van der Waals surface area contributed by atoms with Gasteiger partial charge in [0.2, 0.25) is 5.91 Å². The van der Waals surface area contributed by atoms with Crippen molar-refractivity contribution in [3.63, 3.8) is 0 Å². The molecule has 1 fully saturated rings. The Kier molecular flexibility index (Phi) is 8.51. The van der Waals surface area contributed by atoms with Gasteiger partial charge in [-0.1, -0.05) is 62.2 Å². The van der Waals surface area contributed by atoms with Crippen LogP contribution in [0.15, 0.2) is 48.5 Å². The van der Waals surface area contributed by atoms with Crippen LogP contribution in [0.25, 0.3) is 5.69 Å². The molecular formula is C28H31Cl2N5O4. The number of urea groups is 1. The summed E-state index contributed by atoms with van der Waals surface area (Å²) in [5.41, 5.74) is 2.31. The van der Waals surface area contributed by atoms with Gasteiger partial charge in [0.05, 0.1) is 39.5 Å². The number of likely N-dealkylation sites (tertiary alicyclic amines) is 1. The minimum atomic E-state index is -0.808. The number of piperidine rings is 1. The van der Waals surface area contributed by atoms with E-state index in [9.17, 15) is 19.5 Å². The van der Waals surface area contributed by atoms with E-state index in [4.69, 9.17) is 28.3 Å². The highest BCUT2D eigenvalue weighted by atomic mass is 35.5. The summed E-state index contributed by atoms with van der Waals surface area (Å²) in [4.78, 5) is 38.8. The molecule has 1 saturated heterocycles. The summed E-state index contributed by atoms with van der Waals surface area (Å²) in [6.07, 6.45) is 1.10. The van der Waals surface area contributed by atoms with Crippen LogP contribution in [0.1, 0.15) is 44.9 Å². The Morgan fingerprint density at radius 2 is 1.72 bits per heavy atom. The molecule has 2 aromatic carbocycles. The molecule has 0 unspecified atom stereocenters. The number of amides is 3. The molecule has 3 amide bonds. The van der Waals surface area contributed by atoms with Crippen molar-refractivity contribution >= 4 is 52.6 Å². The maximum absolute atomic E-state index is 12.9. The highest BCUT2D eigenvalue weighted by Crippen LogP contribution is 2.30. The topological polar surface area (TPSA) is 117 Å². The van der Waals surface area contributed by atoms with Crippen LogP contribution in [0, 0.1) is 5.92 Å². The lowest BCUT2D eigenvalue weighted by molar-refractivity contribution is -0.145. The summed E-state index contributed by atoms with van der Waals surface area (Å²) >= 11 is 12.3. The number of rotatable bonds is 6. The largest absolute Gasteiger partial charge is 0.481 e. The Hall–Kier alpha value is -3.56. The van der Waals surface area contributed by atoms with Crippen molar-refractivity contribution in [2.45, 2.75) is 45.4 Å². The third kappa shape index (κ3) is 6.91. The molecule has 0 saturated carbocycles. The first-order valence-electron chi connectivity index (χ1n) is 12.6. The zero-order valence-corrected chi connectivity index (χ0v) is 23.5. The Morgan fingerprint density at radius 1 is 1.03 bits per heavy atom. The lowest BCUT2D eigenvalue weighted by Crippen LogP contribution is -2.41. The summed E-state index contributed by atoms with van der Waals surface area (Å²) in [5.74, 6) is -0.817. The van der Waals surface area contributed by atoms with Gasteiger partial charge in [0.15, 0.2) is 0 Å². The fourth-order valence-electron chi connectivity index (χ4n) is 4.36. The predicted octanol–water partition coefficient (Wildman–Crippen LogP) is 5.99. The second-order valence-corrected chi connectivity index (χ2v) is 11.4. The van der Waals surface area contributed by atoms with Crippen molar-refractivity contribution in [1.29, 1.82) is 0 Å². The van der Waals surface area contributed by atoms with Gasteiger partial charge in [-0.3, -0.25) is 14.9 Å². The molecule has 3 aromatic rings. The molecule has 0 bridgehead atoms. The number of hydrogen-bond donors (Lipinski definition) is 3. The van der Waals surface area contributed by atoms with E-state index in [1.165, 1.54) is 0 Å². The Bertz CT molecular complexity index is 1390. The van der Waals surface area contributed by atoms with Gasteiger partial charge in [-0.15, -0.1) is 0 Å². The van der Waals surface area contributed by atoms with Crippen molar-refractivity contribution < 1.29 is 19.5 Å². The average Bonchev–Trinajstić information content (AvgIpc) is 3.31. The quantitative estimate of drug-likeness (QED) is 0.336. The maximum Gasteiger partial charge on any atom is 0.324 e.